The minimum Gasteiger partial charge on any atom is -0.438 e. The van der Waals surface area contributed by atoms with Gasteiger partial charge in [-0.3, -0.25) is 10.1 Å². The van der Waals surface area contributed by atoms with Crippen LogP contribution in [-0.2, 0) is 0 Å². The molecule has 134 valence electrons. The van der Waals surface area contributed by atoms with Gasteiger partial charge in [-0.15, -0.1) is 11.3 Å². The van der Waals surface area contributed by atoms with Gasteiger partial charge in [-0.05, 0) is 42.8 Å². The van der Waals surface area contributed by atoms with Crippen LogP contribution in [0.25, 0.3) is 11.0 Å². The molecule has 1 N–H and O–H groups in total. The van der Waals surface area contributed by atoms with Crippen LogP contribution < -0.4 is 10.9 Å². The van der Waals surface area contributed by atoms with Crippen LogP contribution in [0.5, 0.6) is 0 Å². The fourth-order valence-electron chi connectivity index (χ4n) is 2.60. The van der Waals surface area contributed by atoms with Gasteiger partial charge in [-0.1, -0.05) is 34.1 Å². The molecule has 2 aromatic carbocycles. The SMILES string of the molecule is Cc1ccccc1N=c1oc2ccc(Br)cc2cc1C(=O)Nc1nccs1. The fraction of sp³-hybridized carbons (Fsp3) is 0.0500. The summed E-state index contributed by atoms with van der Waals surface area (Å²) >= 11 is 4.80. The molecular weight excluding hydrogens is 426 g/mol. The van der Waals surface area contributed by atoms with Crippen molar-refractivity contribution in [2.75, 3.05) is 5.32 Å². The van der Waals surface area contributed by atoms with Crippen molar-refractivity contribution in [2.24, 2.45) is 4.99 Å². The lowest BCUT2D eigenvalue weighted by molar-refractivity contribution is 0.102. The van der Waals surface area contributed by atoms with Gasteiger partial charge in [0.15, 0.2) is 5.13 Å². The van der Waals surface area contributed by atoms with E-state index in [0.29, 0.717) is 16.3 Å². The first-order valence-electron chi connectivity index (χ1n) is 8.15. The number of benzene rings is 2. The third-order valence-corrected chi connectivity index (χ3v) is 5.13. The quantitative estimate of drug-likeness (QED) is 0.461. The van der Waals surface area contributed by atoms with E-state index in [4.69, 9.17) is 4.42 Å². The van der Waals surface area contributed by atoms with Crippen LogP contribution >= 0.6 is 27.3 Å². The standard InChI is InChI=1S/C20H14BrN3O2S/c1-12-4-2-3-5-16(12)23-19-15(18(25)24-20-22-8-9-27-20)11-13-10-14(21)6-7-17(13)26-19/h2-11H,1H3,(H,22,24,25). The van der Waals surface area contributed by atoms with Gasteiger partial charge in [0, 0.05) is 21.4 Å². The average molecular weight is 440 g/mol. The number of thiazole rings is 1. The van der Waals surface area contributed by atoms with Gasteiger partial charge in [0.05, 0.1) is 5.69 Å². The number of aryl methyl sites for hydroxylation is 1. The maximum absolute atomic E-state index is 12.9. The molecule has 0 aliphatic carbocycles. The second-order valence-corrected chi connectivity index (χ2v) is 7.65. The lowest BCUT2D eigenvalue weighted by atomic mass is 10.1. The summed E-state index contributed by atoms with van der Waals surface area (Å²) in [6, 6.07) is 15.1. The van der Waals surface area contributed by atoms with E-state index >= 15 is 0 Å². The smallest absolute Gasteiger partial charge is 0.262 e. The van der Waals surface area contributed by atoms with Crippen LogP contribution in [0.4, 0.5) is 10.8 Å². The van der Waals surface area contributed by atoms with E-state index in [0.717, 1.165) is 21.1 Å². The zero-order valence-electron chi connectivity index (χ0n) is 14.3. The van der Waals surface area contributed by atoms with Crippen molar-refractivity contribution in [2.45, 2.75) is 6.92 Å². The average Bonchev–Trinajstić information content (AvgIpc) is 3.16. The molecule has 1 amide bonds. The number of hydrogen-bond acceptors (Lipinski definition) is 5. The molecular formula is C20H14BrN3O2S. The molecule has 0 saturated heterocycles. The number of para-hydroxylation sites is 1. The fourth-order valence-corrected chi connectivity index (χ4v) is 3.50. The van der Waals surface area contributed by atoms with E-state index in [9.17, 15) is 4.79 Å². The summed E-state index contributed by atoms with van der Waals surface area (Å²) in [6.45, 7) is 1.96. The molecule has 2 aromatic heterocycles. The zero-order chi connectivity index (χ0) is 18.8. The summed E-state index contributed by atoms with van der Waals surface area (Å²) in [6.07, 6.45) is 1.64. The number of amides is 1. The normalized spacial score (nSPS) is 11.7. The first-order valence-corrected chi connectivity index (χ1v) is 9.82. The Labute approximate surface area is 167 Å². The number of hydrogen-bond donors (Lipinski definition) is 1. The van der Waals surface area contributed by atoms with Crippen molar-refractivity contribution < 1.29 is 9.21 Å². The van der Waals surface area contributed by atoms with Gasteiger partial charge in [-0.25, -0.2) is 9.98 Å². The van der Waals surface area contributed by atoms with Crippen LogP contribution in [0, 0.1) is 6.92 Å². The predicted octanol–water partition coefficient (Wildman–Crippen LogP) is 5.44. The van der Waals surface area contributed by atoms with Crippen molar-refractivity contribution >= 4 is 55.0 Å². The molecule has 0 bridgehead atoms. The summed E-state index contributed by atoms with van der Waals surface area (Å²) in [4.78, 5) is 21.6. The Balaban J connectivity index is 1.91. The van der Waals surface area contributed by atoms with Crippen molar-refractivity contribution in [1.82, 2.24) is 4.98 Å². The first-order chi connectivity index (χ1) is 13.1. The van der Waals surface area contributed by atoms with Crippen LogP contribution in [0.15, 0.2) is 74.0 Å². The van der Waals surface area contributed by atoms with Crippen LogP contribution in [0.1, 0.15) is 15.9 Å². The number of nitrogens with one attached hydrogen (secondary N) is 1. The minimum absolute atomic E-state index is 0.258. The van der Waals surface area contributed by atoms with Gasteiger partial charge in [0.2, 0.25) is 5.55 Å². The number of carbonyl (C=O) groups is 1. The Morgan fingerprint density at radius 3 is 2.85 bits per heavy atom. The van der Waals surface area contributed by atoms with Gasteiger partial charge in [0.1, 0.15) is 11.1 Å². The van der Waals surface area contributed by atoms with Gasteiger partial charge in [-0.2, -0.15) is 0 Å². The van der Waals surface area contributed by atoms with E-state index in [-0.39, 0.29) is 11.5 Å². The van der Waals surface area contributed by atoms with Crippen LogP contribution in [0.2, 0.25) is 0 Å². The number of nitrogens with zero attached hydrogens (tertiary/aromatic N) is 2. The van der Waals surface area contributed by atoms with Gasteiger partial charge >= 0.3 is 0 Å². The molecule has 0 unspecified atom stereocenters. The number of anilines is 1. The maximum Gasteiger partial charge on any atom is 0.262 e. The molecule has 5 nitrogen and oxygen atoms in total. The molecule has 0 radical (unpaired) electrons. The van der Waals surface area contributed by atoms with E-state index < -0.39 is 0 Å². The monoisotopic (exact) mass is 439 g/mol. The minimum atomic E-state index is -0.317. The van der Waals surface area contributed by atoms with E-state index in [1.807, 2.05) is 49.4 Å². The zero-order valence-corrected chi connectivity index (χ0v) is 16.7. The molecule has 0 fully saturated rings. The lowest BCUT2D eigenvalue weighted by Crippen LogP contribution is -2.21. The van der Waals surface area contributed by atoms with Gasteiger partial charge in [0.25, 0.3) is 5.91 Å². The van der Waals surface area contributed by atoms with Crippen molar-refractivity contribution in [1.29, 1.82) is 0 Å². The van der Waals surface area contributed by atoms with Crippen LogP contribution in [-0.4, -0.2) is 10.9 Å². The number of halogens is 1. The summed E-state index contributed by atoms with van der Waals surface area (Å²) < 4.78 is 6.88. The summed E-state index contributed by atoms with van der Waals surface area (Å²) in [5.74, 6) is -0.317. The number of carbonyl (C=O) groups excluding carboxylic acids is 1. The largest absolute Gasteiger partial charge is 0.438 e. The topological polar surface area (TPSA) is 67.5 Å². The molecule has 0 saturated carbocycles. The third-order valence-electron chi connectivity index (χ3n) is 3.94. The molecule has 4 rings (SSSR count). The highest BCUT2D eigenvalue weighted by molar-refractivity contribution is 9.10. The molecule has 7 heteroatoms. The van der Waals surface area contributed by atoms with Gasteiger partial charge < -0.3 is 4.42 Å². The highest BCUT2D eigenvalue weighted by atomic mass is 79.9. The molecule has 0 aliphatic rings. The Kier molecular flexibility index (Phi) is 4.87. The van der Waals surface area contributed by atoms with Crippen LogP contribution in [0.3, 0.4) is 0 Å². The third kappa shape index (κ3) is 3.84. The molecule has 0 atom stereocenters. The predicted molar refractivity (Wildman–Crippen MR) is 110 cm³/mol. The maximum atomic E-state index is 12.9. The molecule has 27 heavy (non-hydrogen) atoms. The lowest BCUT2D eigenvalue weighted by Gasteiger charge is -2.06. The summed E-state index contributed by atoms with van der Waals surface area (Å²) in [5.41, 5.74) is 3.00. The molecule has 0 spiro atoms. The number of rotatable bonds is 3. The Morgan fingerprint density at radius 1 is 1.22 bits per heavy atom. The molecule has 0 aliphatic heterocycles. The van der Waals surface area contributed by atoms with E-state index in [1.54, 1.807) is 17.6 Å². The Morgan fingerprint density at radius 2 is 2.07 bits per heavy atom. The highest BCUT2D eigenvalue weighted by Crippen LogP contribution is 2.22. The Bertz CT molecular complexity index is 1200. The van der Waals surface area contributed by atoms with Crippen molar-refractivity contribution in [3.05, 3.63) is 81.3 Å². The van der Waals surface area contributed by atoms with Crippen molar-refractivity contribution in [3.63, 3.8) is 0 Å². The molecule has 4 aromatic rings. The van der Waals surface area contributed by atoms with Crippen molar-refractivity contribution in [3.8, 4) is 0 Å². The number of fused-ring (bicyclic) bond motifs is 1. The summed E-state index contributed by atoms with van der Waals surface area (Å²) in [7, 11) is 0. The second kappa shape index (κ2) is 7.46. The summed E-state index contributed by atoms with van der Waals surface area (Å²) in [5, 5.41) is 5.92. The van der Waals surface area contributed by atoms with E-state index in [2.05, 4.69) is 31.2 Å². The van der Waals surface area contributed by atoms with E-state index in [1.165, 1.54) is 11.3 Å². The first kappa shape index (κ1) is 17.6. The highest BCUT2D eigenvalue weighted by Gasteiger charge is 2.14. The number of aromatic nitrogens is 1. The second-order valence-electron chi connectivity index (χ2n) is 5.84. The molecule has 2 heterocycles. The Hall–Kier alpha value is -2.77.